The number of phenolic OH excluding ortho intramolecular Hbond substituents is 1. The maximum absolute atomic E-state index is 10.0. The molecule has 0 amide bonds. The molecule has 0 aliphatic rings. The molecule has 0 aliphatic carbocycles. The molecule has 0 aromatic heterocycles. The number of benzene rings is 1. The monoisotopic (exact) mass is 260 g/mol. The van der Waals surface area contributed by atoms with Gasteiger partial charge in [0.05, 0.1) is 0 Å². The van der Waals surface area contributed by atoms with Crippen molar-refractivity contribution < 1.29 is 5.11 Å². The third-order valence-electron chi connectivity index (χ3n) is 3.43. The Kier molecular flexibility index (Phi) is 5.22. The Morgan fingerprint density at radius 1 is 1.26 bits per heavy atom. The minimum Gasteiger partial charge on any atom is -0.508 e. The molecule has 1 nitrogen and oxygen atoms in total. The van der Waals surface area contributed by atoms with E-state index in [2.05, 4.69) is 47.6 Å². The third kappa shape index (κ3) is 4.41. The molecule has 1 aromatic carbocycles. The average molecular weight is 260 g/mol. The number of phenols is 1. The zero-order chi connectivity index (χ0) is 14.6. The van der Waals surface area contributed by atoms with E-state index in [4.69, 9.17) is 0 Å². The Balaban J connectivity index is 3.20. The molecule has 0 unspecified atom stereocenters. The molecule has 0 fully saturated rings. The van der Waals surface area contributed by atoms with Crippen molar-refractivity contribution in [2.45, 2.75) is 60.8 Å². The highest BCUT2D eigenvalue weighted by Gasteiger charge is 2.12. The first-order chi connectivity index (χ1) is 8.76. The molecule has 19 heavy (non-hydrogen) atoms. The molecule has 106 valence electrons. The van der Waals surface area contributed by atoms with Gasteiger partial charge in [0.2, 0.25) is 0 Å². The topological polar surface area (TPSA) is 20.2 Å². The predicted molar refractivity (Wildman–Crippen MR) is 84.6 cm³/mol. The van der Waals surface area contributed by atoms with Gasteiger partial charge in [0, 0.05) is 0 Å². The van der Waals surface area contributed by atoms with Crippen LogP contribution in [0.4, 0.5) is 0 Å². The summed E-state index contributed by atoms with van der Waals surface area (Å²) >= 11 is 0. The van der Waals surface area contributed by atoms with Gasteiger partial charge in [0.1, 0.15) is 5.75 Å². The Morgan fingerprint density at radius 2 is 1.89 bits per heavy atom. The van der Waals surface area contributed by atoms with E-state index in [0.717, 1.165) is 24.8 Å². The minimum atomic E-state index is 0.179. The zero-order valence-electron chi connectivity index (χ0n) is 13.3. The Labute approximate surface area is 118 Å². The van der Waals surface area contributed by atoms with E-state index >= 15 is 0 Å². The maximum Gasteiger partial charge on any atom is 0.119 e. The summed E-state index contributed by atoms with van der Waals surface area (Å²) in [6.07, 6.45) is 5.54. The van der Waals surface area contributed by atoms with Crippen molar-refractivity contribution >= 4 is 5.57 Å². The number of hydrogen-bond donors (Lipinski definition) is 1. The van der Waals surface area contributed by atoms with Crippen LogP contribution in [-0.4, -0.2) is 5.11 Å². The van der Waals surface area contributed by atoms with Gasteiger partial charge in [0.15, 0.2) is 0 Å². The lowest BCUT2D eigenvalue weighted by Gasteiger charge is -2.18. The van der Waals surface area contributed by atoms with Gasteiger partial charge in [-0.3, -0.25) is 0 Å². The molecule has 0 spiro atoms. The van der Waals surface area contributed by atoms with Gasteiger partial charge in [-0.1, -0.05) is 46.3 Å². The number of unbranched alkanes of at least 4 members (excludes halogenated alkanes) is 1. The molecule has 1 rings (SSSR count). The summed E-state index contributed by atoms with van der Waals surface area (Å²) < 4.78 is 0. The number of allylic oxidation sites excluding steroid dienone is 2. The molecule has 1 heteroatoms. The van der Waals surface area contributed by atoms with Crippen molar-refractivity contribution in [1.82, 2.24) is 0 Å². The van der Waals surface area contributed by atoms with Gasteiger partial charge >= 0.3 is 0 Å². The van der Waals surface area contributed by atoms with E-state index in [-0.39, 0.29) is 5.41 Å². The van der Waals surface area contributed by atoms with Crippen LogP contribution in [0.1, 0.15) is 64.2 Å². The van der Waals surface area contributed by atoms with Crippen molar-refractivity contribution in [3.63, 3.8) is 0 Å². The van der Waals surface area contributed by atoms with E-state index in [0.29, 0.717) is 5.75 Å². The lowest BCUT2D eigenvalue weighted by molar-refractivity contribution is 0.466. The van der Waals surface area contributed by atoms with Gasteiger partial charge in [-0.05, 0) is 60.4 Å². The molecule has 0 saturated heterocycles. The smallest absolute Gasteiger partial charge is 0.119 e. The lowest BCUT2D eigenvalue weighted by atomic mass is 9.88. The normalized spacial score (nSPS) is 12.8. The second kappa shape index (κ2) is 6.27. The molecule has 1 aromatic rings. The molecule has 0 radical (unpaired) electrons. The fraction of sp³-hybridized carbons (Fsp3) is 0.556. The molecule has 1 N–H and O–H groups in total. The second-order valence-electron chi connectivity index (χ2n) is 6.53. The second-order valence-corrected chi connectivity index (χ2v) is 6.53. The highest BCUT2D eigenvalue weighted by atomic mass is 16.3. The van der Waals surface area contributed by atoms with Crippen LogP contribution in [-0.2, 0) is 6.42 Å². The molecule has 0 saturated carbocycles. The van der Waals surface area contributed by atoms with Gasteiger partial charge in [-0.15, -0.1) is 0 Å². The van der Waals surface area contributed by atoms with Crippen LogP contribution in [0.2, 0.25) is 0 Å². The van der Waals surface area contributed by atoms with Crippen molar-refractivity contribution in [3.05, 3.63) is 34.9 Å². The summed E-state index contributed by atoms with van der Waals surface area (Å²) in [5.41, 5.74) is 5.08. The maximum atomic E-state index is 10.0. The third-order valence-corrected chi connectivity index (χ3v) is 3.43. The number of rotatable bonds is 4. The fourth-order valence-corrected chi connectivity index (χ4v) is 2.57. The standard InChI is InChI=1S/C18H28O/c1-7-8-9-16-14(3)15(10-11-17(16)19)13(2)12-18(4,5)6/h10-12,19H,7-9H2,1-6H3/b13-12-. The summed E-state index contributed by atoms with van der Waals surface area (Å²) in [5, 5.41) is 10.0. The lowest BCUT2D eigenvalue weighted by Crippen LogP contribution is -2.02. The van der Waals surface area contributed by atoms with Crippen molar-refractivity contribution in [2.24, 2.45) is 5.41 Å². The summed E-state index contributed by atoms with van der Waals surface area (Å²) in [6.45, 7) is 13.1. The highest BCUT2D eigenvalue weighted by Crippen LogP contribution is 2.31. The Hall–Kier alpha value is -1.24. The van der Waals surface area contributed by atoms with Crippen molar-refractivity contribution in [2.75, 3.05) is 0 Å². The molecule has 0 atom stereocenters. The van der Waals surface area contributed by atoms with Crippen LogP contribution in [0.25, 0.3) is 5.57 Å². The van der Waals surface area contributed by atoms with E-state index < -0.39 is 0 Å². The summed E-state index contributed by atoms with van der Waals surface area (Å²) in [5.74, 6) is 0.443. The van der Waals surface area contributed by atoms with E-state index in [1.54, 1.807) is 0 Å². The van der Waals surface area contributed by atoms with E-state index in [1.807, 2.05) is 12.1 Å². The van der Waals surface area contributed by atoms with Crippen molar-refractivity contribution in [1.29, 1.82) is 0 Å². The Morgan fingerprint density at radius 3 is 2.42 bits per heavy atom. The van der Waals surface area contributed by atoms with Crippen LogP contribution >= 0.6 is 0 Å². The first kappa shape index (κ1) is 15.8. The Bertz CT molecular complexity index is 461. The van der Waals surface area contributed by atoms with Crippen LogP contribution < -0.4 is 0 Å². The highest BCUT2D eigenvalue weighted by molar-refractivity contribution is 5.69. The summed E-state index contributed by atoms with van der Waals surface area (Å²) in [4.78, 5) is 0. The average Bonchev–Trinajstić information content (AvgIpc) is 2.26. The largest absolute Gasteiger partial charge is 0.508 e. The molecular weight excluding hydrogens is 232 g/mol. The van der Waals surface area contributed by atoms with E-state index in [9.17, 15) is 5.11 Å². The zero-order valence-corrected chi connectivity index (χ0v) is 13.3. The predicted octanol–water partition coefficient (Wildman–Crippen LogP) is 5.49. The first-order valence-electron chi connectivity index (χ1n) is 7.27. The van der Waals surface area contributed by atoms with Crippen LogP contribution in [0.5, 0.6) is 5.75 Å². The minimum absolute atomic E-state index is 0.179. The van der Waals surface area contributed by atoms with Gasteiger partial charge < -0.3 is 5.11 Å². The van der Waals surface area contributed by atoms with Crippen LogP contribution in [0, 0.1) is 12.3 Å². The molecule has 0 aliphatic heterocycles. The van der Waals surface area contributed by atoms with Gasteiger partial charge in [-0.2, -0.15) is 0 Å². The SMILES string of the molecule is CCCCc1c(O)ccc(/C(C)=C\C(C)(C)C)c1C. The first-order valence-corrected chi connectivity index (χ1v) is 7.27. The van der Waals surface area contributed by atoms with Crippen molar-refractivity contribution in [3.8, 4) is 5.75 Å². The molecule has 0 bridgehead atoms. The van der Waals surface area contributed by atoms with Crippen LogP contribution in [0.15, 0.2) is 18.2 Å². The fourth-order valence-electron chi connectivity index (χ4n) is 2.57. The molecule has 0 heterocycles. The van der Waals surface area contributed by atoms with Gasteiger partial charge in [-0.25, -0.2) is 0 Å². The molecular formula is C18H28O. The van der Waals surface area contributed by atoms with Gasteiger partial charge in [0.25, 0.3) is 0 Å². The quantitative estimate of drug-likeness (QED) is 0.758. The number of hydrogen-bond acceptors (Lipinski definition) is 1. The summed E-state index contributed by atoms with van der Waals surface area (Å²) in [7, 11) is 0. The van der Waals surface area contributed by atoms with Crippen LogP contribution in [0.3, 0.4) is 0 Å². The number of aromatic hydroxyl groups is 1. The summed E-state index contributed by atoms with van der Waals surface area (Å²) in [6, 6.07) is 3.88. The van der Waals surface area contributed by atoms with E-state index in [1.165, 1.54) is 16.7 Å².